The average molecular weight is 571 g/mol. The lowest BCUT2D eigenvalue weighted by atomic mass is 9.84. The standard InChI is InChI=1S/C31H46O4SSi2/c1-12-23(19-27(32)33)26-18-22(20-36-26)14-13-21-15-16-24(30(8,9)34-37-28(2,3)4)25(17-21)31(10,11)35-38-29(5,6)7/h15-20H,12-14H2,1-11H3,(H,32,33). The van der Waals surface area contributed by atoms with Gasteiger partial charge in [-0.25, -0.2) is 4.79 Å². The number of hydrogen-bond donors (Lipinski definition) is 1. The van der Waals surface area contributed by atoms with Crippen LogP contribution in [0.25, 0.3) is 5.57 Å². The first-order valence-corrected chi connectivity index (χ1v) is 16.1. The molecule has 0 amide bonds. The van der Waals surface area contributed by atoms with Gasteiger partial charge in [0.25, 0.3) is 0 Å². The number of rotatable bonds is 12. The van der Waals surface area contributed by atoms with Gasteiger partial charge in [0.2, 0.25) is 19.5 Å². The quantitative estimate of drug-likeness (QED) is 0.205. The molecular formula is C31H46O4SSi2. The molecule has 1 aromatic carbocycles. The summed E-state index contributed by atoms with van der Waals surface area (Å²) in [6.07, 6.45) is 3.83. The second-order valence-corrected chi connectivity index (χ2v) is 17.7. The first kappa shape index (κ1) is 32.7. The molecule has 0 fully saturated rings. The van der Waals surface area contributed by atoms with Crippen LogP contribution in [0, 0.1) is 0 Å². The lowest BCUT2D eigenvalue weighted by Gasteiger charge is -2.37. The number of aliphatic carboxylic acids is 1. The Hall–Kier alpha value is -1.52. The van der Waals surface area contributed by atoms with Crippen molar-refractivity contribution in [1.29, 1.82) is 0 Å². The Bertz CT molecular complexity index is 1120. The molecule has 0 spiro atoms. The normalized spacial score (nSPS) is 13.7. The minimum absolute atomic E-state index is 0.0950. The van der Waals surface area contributed by atoms with Crippen molar-refractivity contribution >= 4 is 42.4 Å². The monoisotopic (exact) mass is 570 g/mol. The summed E-state index contributed by atoms with van der Waals surface area (Å²) in [5, 5.41) is 11.5. The lowest BCUT2D eigenvalue weighted by molar-refractivity contribution is -0.131. The highest BCUT2D eigenvalue weighted by Crippen LogP contribution is 2.39. The molecule has 0 aliphatic rings. The number of aryl methyl sites for hydroxylation is 2. The van der Waals surface area contributed by atoms with Gasteiger partial charge in [-0.1, -0.05) is 66.7 Å². The number of allylic oxidation sites excluding steroid dienone is 1. The highest BCUT2D eigenvalue weighted by Gasteiger charge is 2.34. The number of carbonyl (C=O) groups is 1. The summed E-state index contributed by atoms with van der Waals surface area (Å²) in [6, 6.07) is 8.90. The van der Waals surface area contributed by atoms with Crippen molar-refractivity contribution in [2.45, 2.75) is 117 Å². The van der Waals surface area contributed by atoms with Gasteiger partial charge in [0.15, 0.2) is 0 Å². The molecule has 1 aromatic heterocycles. The van der Waals surface area contributed by atoms with Crippen LogP contribution >= 0.6 is 11.3 Å². The second-order valence-electron chi connectivity index (χ2n) is 13.0. The third kappa shape index (κ3) is 10.2. The SMILES string of the molecule is CCC(=CC(=O)O)c1cc(CCc2ccc(C(C)(C)O[Si]C(C)(C)C)c(C(C)(C)O[Si]C(C)(C)C)c2)cs1. The third-order valence-electron chi connectivity index (χ3n) is 5.96. The number of benzene rings is 1. The summed E-state index contributed by atoms with van der Waals surface area (Å²) in [7, 11) is 0.766. The van der Waals surface area contributed by atoms with Gasteiger partial charge in [0.1, 0.15) is 0 Å². The fraction of sp³-hybridized carbons (Fsp3) is 0.581. The Morgan fingerprint density at radius 2 is 1.37 bits per heavy atom. The van der Waals surface area contributed by atoms with Gasteiger partial charge in [-0.15, -0.1) is 11.3 Å². The molecule has 0 atom stereocenters. The molecule has 2 aromatic rings. The fourth-order valence-electron chi connectivity index (χ4n) is 3.90. The van der Waals surface area contributed by atoms with Crippen molar-refractivity contribution in [3.63, 3.8) is 0 Å². The van der Waals surface area contributed by atoms with E-state index >= 15 is 0 Å². The molecule has 0 saturated carbocycles. The molecular weight excluding hydrogens is 525 g/mol. The van der Waals surface area contributed by atoms with E-state index in [9.17, 15) is 9.90 Å². The fourth-order valence-corrected chi connectivity index (χ4v) is 6.28. The largest absolute Gasteiger partial charge is 0.478 e. The predicted octanol–water partition coefficient (Wildman–Crippen LogP) is 8.59. The van der Waals surface area contributed by atoms with Gasteiger partial charge in [-0.3, -0.25) is 0 Å². The van der Waals surface area contributed by atoms with Crippen LogP contribution in [0.15, 0.2) is 35.7 Å². The molecule has 208 valence electrons. The minimum Gasteiger partial charge on any atom is -0.478 e. The molecule has 0 aliphatic carbocycles. The smallest absolute Gasteiger partial charge is 0.328 e. The van der Waals surface area contributed by atoms with Crippen LogP contribution in [0.2, 0.25) is 10.1 Å². The van der Waals surface area contributed by atoms with Crippen molar-refractivity contribution in [2.75, 3.05) is 0 Å². The van der Waals surface area contributed by atoms with Gasteiger partial charge < -0.3 is 14.0 Å². The summed E-state index contributed by atoms with van der Waals surface area (Å²) < 4.78 is 13.1. The van der Waals surface area contributed by atoms with Crippen LogP contribution in [0.3, 0.4) is 0 Å². The van der Waals surface area contributed by atoms with Crippen LogP contribution in [0.1, 0.15) is 110 Å². The molecule has 1 N–H and O–H groups in total. The van der Waals surface area contributed by atoms with Crippen molar-refractivity contribution in [3.8, 4) is 0 Å². The molecule has 0 saturated heterocycles. The van der Waals surface area contributed by atoms with Crippen LogP contribution in [-0.2, 0) is 37.7 Å². The Balaban J connectivity index is 2.36. The van der Waals surface area contributed by atoms with Crippen LogP contribution in [0.5, 0.6) is 0 Å². The molecule has 0 bridgehead atoms. The molecule has 4 nitrogen and oxygen atoms in total. The van der Waals surface area contributed by atoms with Crippen molar-refractivity contribution in [2.24, 2.45) is 0 Å². The molecule has 0 unspecified atom stereocenters. The molecule has 7 heteroatoms. The number of carboxylic acids is 1. The first-order chi connectivity index (χ1) is 17.3. The van der Waals surface area contributed by atoms with Crippen molar-refractivity contribution < 1.29 is 18.8 Å². The molecule has 4 radical (unpaired) electrons. The summed E-state index contributed by atoms with van der Waals surface area (Å²) in [4.78, 5) is 12.2. The predicted molar refractivity (Wildman–Crippen MR) is 163 cm³/mol. The van der Waals surface area contributed by atoms with E-state index in [4.69, 9.17) is 8.85 Å². The third-order valence-corrected chi connectivity index (χ3v) is 9.46. The highest BCUT2D eigenvalue weighted by molar-refractivity contribution is 7.11. The van der Waals surface area contributed by atoms with Crippen LogP contribution in [-0.4, -0.2) is 30.6 Å². The maximum absolute atomic E-state index is 11.2. The van der Waals surface area contributed by atoms with E-state index in [0.29, 0.717) is 25.9 Å². The van der Waals surface area contributed by atoms with Crippen LogP contribution < -0.4 is 0 Å². The van der Waals surface area contributed by atoms with Gasteiger partial charge in [0, 0.05) is 11.0 Å². The first-order valence-electron chi connectivity index (χ1n) is 13.4. The van der Waals surface area contributed by atoms with E-state index in [2.05, 4.69) is 98.9 Å². The second kappa shape index (κ2) is 12.8. The van der Waals surface area contributed by atoms with Crippen LogP contribution in [0.4, 0.5) is 0 Å². The lowest BCUT2D eigenvalue weighted by Crippen LogP contribution is -2.34. The van der Waals surface area contributed by atoms with E-state index in [-0.39, 0.29) is 10.1 Å². The van der Waals surface area contributed by atoms with Gasteiger partial charge in [-0.2, -0.15) is 0 Å². The topological polar surface area (TPSA) is 55.8 Å². The number of carboxylic acid groups (broad SMARTS) is 1. The molecule has 2 rings (SSSR count). The highest BCUT2D eigenvalue weighted by atomic mass is 32.1. The zero-order valence-corrected chi connectivity index (χ0v) is 28.0. The maximum atomic E-state index is 11.2. The summed E-state index contributed by atoms with van der Waals surface area (Å²) in [5.41, 5.74) is 4.82. The van der Waals surface area contributed by atoms with E-state index in [1.165, 1.54) is 28.3 Å². The summed E-state index contributed by atoms with van der Waals surface area (Å²) >= 11 is 1.62. The zero-order valence-electron chi connectivity index (χ0n) is 25.2. The maximum Gasteiger partial charge on any atom is 0.328 e. The van der Waals surface area contributed by atoms with Gasteiger partial charge in [0.05, 0.1) is 11.2 Å². The summed E-state index contributed by atoms with van der Waals surface area (Å²) in [5.74, 6) is -0.892. The van der Waals surface area contributed by atoms with E-state index in [0.717, 1.165) is 23.3 Å². The van der Waals surface area contributed by atoms with Crippen molar-refractivity contribution in [1.82, 2.24) is 0 Å². The minimum atomic E-state index is -0.892. The number of thiophene rings is 1. The van der Waals surface area contributed by atoms with E-state index < -0.39 is 17.2 Å². The van der Waals surface area contributed by atoms with Gasteiger partial charge >= 0.3 is 5.97 Å². The Morgan fingerprint density at radius 3 is 1.87 bits per heavy atom. The molecule has 38 heavy (non-hydrogen) atoms. The summed E-state index contributed by atoms with van der Waals surface area (Å²) in [6.45, 7) is 23.9. The number of hydrogen-bond acceptors (Lipinski definition) is 4. The Morgan fingerprint density at radius 1 is 0.842 bits per heavy atom. The molecule has 1 heterocycles. The van der Waals surface area contributed by atoms with E-state index in [1.807, 2.05) is 6.92 Å². The van der Waals surface area contributed by atoms with Crippen molar-refractivity contribution in [3.05, 3.63) is 62.9 Å². The Labute approximate surface area is 240 Å². The Kier molecular flexibility index (Phi) is 11.0. The van der Waals surface area contributed by atoms with E-state index in [1.54, 1.807) is 11.3 Å². The molecule has 0 aliphatic heterocycles. The van der Waals surface area contributed by atoms with Gasteiger partial charge in [-0.05, 0) is 96.3 Å². The zero-order chi connectivity index (χ0) is 28.9. The average Bonchev–Trinajstić information content (AvgIpc) is 3.26.